The van der Waals surface area contributed by atoms with Gasteiger partial charge in [0, 0.05) is 26.2 Å². The number of nitrogens with zero attached hydrogens (tertiary/aromatic N) is 1. The van der Waals surface area contributed by atoms with Crippen molar-refractivity contribution in [1.82, 2.24) is 14.3 Å². The maximum atomic E-state index is 12.7. The van der Waals surface area contributed by atoms with Crippen molar-refractivity contribution in [1.29, 1.82) is 0 Å². The number of rotatable bonds is 9. The molecular formula is C22H29N3O5S2. The standard InChI is InChI=1S/C22H29N3O5S2/c1-18-5-9-20(10-6-18)31(27,28)24-14-13-23-22(26)17-19-7-11-21(12-8-19)32(29,30)25-15-3-2-4-16-25/h5-12,24H,2-4,13-17H2,1H3,(H,23,26). The van der Waals surface area contributed by atoms with E-state index in [0.717, 1.165) is 24.8 Å². The topological polar surface area (TPSA) is 113 Å². The second kappa shape index (κ2) is 10.6. The first kappa shape index (κ1) is 24.4. The third kappa shape index (κ3) is 6.38. The second-order valence-corrected chi connectivity index (χ2v) is 11.6. The molecule has 10 heteroatoms. The summed E-state index contributed by atoms with van der Waals surface area (Å²) in [5.41, 5.74) is 1.65. The Hall–Kier alpha value is -2.27. The van der Waals surface area contributed by atoms with Crippen LogP contribution in [0.5, 0.6) is 0 Å². The van der Waals surface area contributed by atoms with E-state index in [1.54, 1.807) is 24.3 Å². The van der Waals surface area contributed by atoms with Gasteiger partial charge in [-0.25, -0.2) is 21.6 Å². The van der Waals surface area contributed by atoms with Gasteiger partial charge < -0.3 is 5.32 Å². The van der Waals surface area contributed by atoms with Crippen molar-refractivity contribution in [2.45, 2.75) is 42.4 Å². The summed E-state index contributed by atoms with van der Waals surface area (Å²) < 4.78 is 53.8. The maximum absolute atomic E-state index is 12.7. The van der Waals surface area contributed by atoms with Crippen LogP contribution in [0, 0.1) is 6.92 Å². The molecule has 0 radical (unpaired) electrons. The van der Waals surface area contributed by atoms with Gasteiger partial charge in [-0.15, -0.1) is 0 Å². The highest BCUT2D eigenvalue weighted by Gasteiger charge is 2.25. The number of carbonyl (C=O) groups is 1. The number of piperidine rings is 1. The first-order valence-corrected chi connectivity index (χ1v) is 13.5. The number of benzene rings is 2. The Bertz CT molecular complexity index is 1120. The minimum absolute atomic E-state index is 0.0645. The summed E-state index contributed by atoms with van der Waals surface area (Å²) in [7, 11) is -7.12. The summed E-state index contributed by atoms with van der Waals surface area (Å²) in [6.07, 6.45) is 2.87. The van der Waals surface area contributed by atoms with Gasteiger partial charge in [0.05, 0.1) is 16.2 Å². The van der Waals surface area contributed by atoms with Crippen molar-refractivity contribution in [3.05, 3.63) is 59.7 Å². The zero-order chi connectivity index (χ0) is 23.2. The lowest BCUT2D eigenvalue weighted by molar-refractivity contribution is -0.120. The van der Waals surface area contributed by atoms with Crippen molar-refractivity contribution in [3.8, 4) is 0 Å². The molecule has 1 saturated heterocycles. The predicted octanol–water partition coefficient (Wildman–Crippen LogP) is 1.81. The Morgan fingerprint density at radius 3 is 2.06 bits per heavy atom. The van der Waals surface area contributed by atoms with Crippen LogP contribution in [0.3, 0.4) is 0 Å². The van der Waals surface area contributed by atoms with Crippen LogP contribution in [0.4, 0.5) is 0 Å². The summed E-state index contributed by atoms with van der Waals surface area (Å²) >= 11 is 0. The molecule has 174 valence electrons. The Balaban J connectivity index is 1.46. The molecule has 8 nitrogen and oxygen atoms in total. The largest absolute Gasteiger partial charge is 0.355 e. The SMILES string of the molecule is Cc1ccc(S(=O)(=O)NCCNC(=O)Cc2ccc(S(=O)(=O)N3CCCCC3)cc2)cc1. The Morgan fingerprint density at radius 2 is 1.44 bits per heavy atom. The minimum atomic E-state index is -3.62. The minimum Gasteiger partial charge on any atom is -0.355 e. The molecule has 1 amide bonds. The quantitative estimate of drug-likeness (QED) is 0.533. The van der Waals surface area contributed by atoms with Gasteiger partial charge in [-0.1, -0.05) is 36.2 Å². The maximum Gasteiger partial charge on any atom is 0.243 e. The van der Waals surface area contributed by atoms with Crippen LogP contribution < -0.4 is 10.0 Å². The number of amides is 1. The molecule has 0 aromatic heterocycles. The van der Waals surface area contributed by atoms with Crippen molar-refractivity contribution in [2.75, 3.05) is 26.2 Å². The van der Waals surface area contributed by atoms with Gasteiger partial charge in [0.25, 0.3) is 0 Å². The molecular weight excluding hydrogens is 450 g/mol. The zero-order valence-corrected chi connectivity index (χ0v) is 19.7. The molecule has 2 N–H and O–H groups in total. The summed E-state index contributed by atoms with van der Waals surface area (Å²) in [5, 5.41) is 2.67. The van der Waals surface area contributed by atoms with Crippen LogP contribution in [0.25, 0.3) is 0 Å². The third-order valence-corrected chi connectivity index (χ3v) is 8.70. The Morgan fingerprint density at radius 1 is 0.844 bits per heavy atom. The third-order valence-electron chi connectivity index (χ3n) is 5.31. The predicted molar refractivity (Wildman–Crippen MR) is 122 cm³/mol. The number of hydrogen-bond donors (Lipinski definition) is 2. The van der Waals surface area contributed by atoms with Crippen molar-refractivity contribution < 1.29 is 21.6 Å². The molecule has 1 heterocycles. The first-order chi connectivity index (χ1) is 15.2. The zero-order valence-electron chi connectivity index (χ0n) is 18.1. The summed E-state index contributed by atoms with van der Waals surface area (Å²) in [5.74, 6) is -0.272. The van der Waals surface area contributed by atoms with Gasteiger partial charge in [-0.2, -0.15) is 4.31 Å². The van der Waals surface area contributed by atoms with E-state index in [9.17, 15) is 21.6 Å². The van der Waals surface area contributed by atoms with Crippen molar-refractivity contribution in [2.24, 2.45) is 0 Å². The normalized spacial score (nSPS) is 15.4. The lowest BCUT2D eigenvalue weighted by Crippen LogP contribution is -2.35. The highest BCUT2D eigenvalue weighted by molar-refractivity contribution is 7.89. The highest BCUT2D eigenvalue weighted by atomic mass is 32.2. The van der Waals surface area contributed by atoms with E-state index in [2.05, 4.69) is 10.0 Å². The molecule has 1 aliphatic heterocycles. The number of hydrogen-bond acceptors (Lipinski definition) is 5. The first-order valence-electron chi connectivity index (χ1n) is 10.6. The second-order valence-electron chi connectivity index (χ2n) is 7.85. The van der Waals surface area contributed by atoms with Gasteiger partial charge in [0.1, 0.15) is 0 Å². The van der Waals surface area contributed by atoms with Gasteiger partial charge in [-0.3, -0.25) is 4.79 Å². The molecule has 0 atom stereocenters. The molecule has 0 spiro atoms. The molecule has 0 saturated carbocycles. The van der Waals surface area contributed by atoms with E-state index in [4.69, 9.17) is 0 Å². The molecule has 0 bridgehead atoms. The van der Waals surface area contributed by atoms with Crippen LogP contribution in [0.15, 0.2) is 58.3 Å². The fourth-order valence-electron chi connectivity index (χ4n) is 3.47. The number of aryl methyl sites for hydroxylation is 1. The van der Waals surface area contributed by atoms with Crippen LogP contribution in [0.1, 0.15) is 30.4 Å². The summed E-state index contributed by atoms with van der Waals surface area (Å²) in [6.45, 7) is 3.17. The Labute approximate surface area is 190 Å². The van der Waals surface area contributed by atoms with E-state index >= 15 is 0 Å². The van der Waals surface area contributed by atoms with Gasteiger partial charge in [0.2, 0.25) is 26.0 Å². The molecule has 0 aliphatic carbocycles. The molecule has 2 aromatic rings. The fraction of sp³-hybridized carbons (Fsp3) is 0.409. The van der Waals surface area contributed by atoms with Crippen LogP contribution in [-0.2, 0) is 31.3 Å². The van der Waals surface area contributed by atoms with Gasteiger partial charge >= 0.3 is 0 Å². The molecule has 1 fully saturated rings. The van der Waals surface area contributed by atoms with E-state index in [0.29, 0.717) is 18.7 Å². The number of carbonyl (C=O) groups excluding carboxylic acids is 1. The molecule has 1 aliphatic rings. The van der Waals surface area contributed by atoms with Crippen LogP contribution in [0.2, 0.25) is 0 Å². The lowest BCUT2D eigenvalue weighted by atomic mass is 10.1. The average molecular weight is 480 g/mol. The van der Waals surface area contributed by atoms with E-state index < -0.39 is 20.0 Å². The fourth-order valence-corrected chi connectivity index (χ4v) is 6.02. The summed E-state index contributed by atoms with van der Waals surface area (Å²) in [6, 6.07) is 12.8. The van der Waals surface area contributed by atoms with E-state index in [-0.39, 0.29) is 35.2 Å². The highest BCUT2D eigenvalue weighted by Crippen LogP contribution is 2.21. The van der Waals surface area contributed by atoms with Crippen molar-refractivity contribution >= 4 is 26.0 Å². The average Bonchev–Trinajstić information content (AvgIpc) is 2.78. The van der Waals surface area contributed by atoms with Crippen molar-refractivity contribution in [3.63, 3.8) is 0 Å². The smallest absolute Gasteiger partial charge is 0.243 e. The number of nitrogens with one attached hydrogen (secondary N) is 2. The van der Waals surface area contributed by atoms with Gasteiger partial charge in [0.15, 0.2) is 0 Å². The van der Waals surface area contributed by atoms with E-state index in [1.807, 2.05) is 6.92 Å². The Kier molecular flexibility index (Phi) is 8.05. The summed E-state index contributed by atoms with van der Waals surface area (Å²) in [4.78, 5) is 12.6. The van der Waals surface area contributed by atoms with Crippen LogP contribution >= 0.6 is 0 Å². The molecule has 2 aromatic carbocycles. The lowest BCUT2D eigenvalue weighted by Gasteiger charge is -2.25. The monoisotopic (exact) mass is 479 g/mol. The van der Waals surface area contributed by atoms with E-state index in [1.165, 1.54) is 28.6 Å². The number of sulfonamides is 2. The molecule has 3 rings (SSSR count). The van der Waals surface area contributed by atoms with Crippen LogP contribution in [-0.4, -0.2) is 53.2 Å². The molecule has 0 unspecified atom stereocenters. The molecule has 32 heavy (non-hydrogen) atoms. The van der Waals surface area contributed by atoms with Gasteiger partial charge in [-0.05, 0) is 49.6 Å².